The van der Waals surface area contributed by atoms with Gasteiger partial charge in [0.1, 0.15) is 5.82 Å². The van der Waals surface area contributed by atoms with Crippen LogP contribution >= 0.6 is 34.5 Å². The molecule has 1 heterocycles. The zero-order valence-corrected chi connectivity index (χ0v) is 13.7. The highest BCUT2D eigenvalue weighted by molar-refractivity contribution is 7.16. The monoisotopic (exact) mass is 331 g/mol. The highest BCUT2D eigenvalue weighted by Gasteiger charge is 2.20. The van der Waals surface area contributed by atoms with Gasteiger partial charge in [0.2, 0.25) is 0 Å². The molecule has 20 heavy (non-hydrogen) atoms. The predicted molar refractivity (Wildman–Crippen MR) is 85.6 cm³/mol. The lowest BCUT2D eigenvalue weighted by atomic mass is 10.0. The van der Waals surface area contributed by atoms with Gasteiger partial charge in [0, 0.05) is 15.5 Å². The Balaban J connectivity index is 2.41. The van der Waals surface area contributed by atoms with Crippen molar-refractivity contribution in [2.75, 3.05) is 6.54 Å². The number of nitrogens with one attached hydrogen (secondary N) is 1. The molecule has 0 aliphatic heterocycles. The van der Waals surface area contributed by atoms with E-state index >= 15 is 0 Å². The zero-order chi connectivity index (χ0) is 14.7. The Labute approximate surface area is 132 Å². The summed E-state index contributed by atoms with van der Waals surface area (Å²) in [5, 5.41) is 3.78. The minimum Gasteiger partial charge on any atom is -0.306 e. The van der Waals surface area contributed by atoms with Crippen molar-refractivity contribution in [2.45, 2.75) is 26.3 Å². The van der Waals surface area contributed by atoms with Gasteiger partial charge in [0.05, 0.1) is 10.4 Å². The average molecular weight is 332 g/mol. The summed E-state index contributed by atoms with van der Waals surface area (Å²) in [5.41, 5.74) is 1.62. The number of benzene rings is 1. The van der Waals surface area contributed by atoms with Crippen LogP contribution in [0, 0.1) is 12.7 Å². The molecule has 1 nitrogen and oxygen atoms in total. The second-order valence-corrected chi connectivity index (χ2v) is 6.78. The Kier molecular flexibility index (Phi) is 5.44. The first-order chi connectivity index (χ1) is 9.52. The second-order valence-electron chi connectivity index (χ2n) is 4.66. The molecule has 0 spiro atoms. The van der Waals surface area contributed by atoms with Crippen molar-refractivity contribution in [2.24, 2.45) is 0 Å². The lowest BCUT2D eigenvalue weighted by Gasteiger charge is -2.18. The molecule has 0 saturated carbocycles. The highest BCUT2D eigenvalue weighted by Crippen LogP contribution is 2.35. The van der Waals surface area contributed by atoms with E-state index < -0.39 is 0 Å². The largest absolute Gasteiger partial charge is 0.306 e. The molecule has 2 rings (SSSR count). The molecule has 2 aromatic rings. The first-order valence-electron chi connectivity index (χ1n) is 6.47. The van der Waals surface area contributed by atoms with Gasteiger partial charge in [-0.15, -0.1) is 11.3 Å². The quantitative estimate of drug-likeness (QED) is 0.752. The molecule has 0 aliphatic carbocycles. The molecule has 1 N–H and O–H groups in total. The van der Waals surface area contributed by atoms with Crippen LogP contribution in [0.4, 0.5) is 4.39 Å². The predicted octanol–water partition coefficient (Wildman–Crippen LogP) is 5.59. The zero-order valence-electron chi connectivity index (χ0n) is 11.3. The molecule has 1 unspecified atom stereocenters. The fourth-order valence-electron chi connectivity index (χ4n) is 2.01. The number of hydrogen-bond acceptors (Lipinski definition) is 2. The lowest BCUT2D eigenvalue weighted by Crippen LogP contribution is -2.23. The second kappa shape index (κ2) is 6.90. The number of hydrogen-bond donors (Lipinski definition) is 1. The average Bonchev–Trinajstić information content (AvgIpc) is 2.72. The fourth-order valence-corrected chi connectivity index (χ4v) is 3.49. The van der Waals surface area contributed by atoms with Crippen molar-refractivity contribution >= 4 is 34.5 Å². The minimum absolute atomic E-state index is 0.191. The number of rotatable bonds is 5. The summed E-state index contributed by atoms with van der Waals surface area (Å²) in [6.07, 6.45) is 0.976. The summed E-state index contributed by atoms with van der Waals surface area (Å²) < 4.78 is 14.9. The molecule has 0 fully saturated rings. The van der Waals surface area contributed by atoms with Gasteiger partial charge >= 0.3 is 0 Å². The maximum atomic E-state index is 14.2. The van der Waals surface area contributed by atoms with Crippen LogP contribution in [0.2, 0.25) is 9.36 Å². The molecule has 0 saturated heterocycles. The van der Waals surface area contributed by atoms with E-state index in [4.69, 9.17) is 23.2 Å². The van der Waals surface area contributed by atoms with E-state index in [0.29, 0.717) is 10.6 Å². The van der Waals surface area contributed by atoms with E-state index in [1.54, 1.807) is 12.1 Å². The molecule has 1 aromatic carbocycles. The van der Waals surface area contributed by atoms with E-state index in [9.17, 15) is 4.39 Å². The van der Waals surface area contributed by atoms with E-state index in [1.807, 2.05) is 13.0 Å². The first-order valence-corrected chi connectivity index (χ1v) is 8.04. The Bertz CT molecular complexity index is 578. The fraction of sp³-hybridized carbons (Fsp3) is 0.333. The summed E-state index contributed by atoms with van der Waals surface area (Å²) in [4.78, 5) is 1.02. The van der Waals surface area contributed by atoms with Gasteiger partial charge in [-0.1, -0.05) is 36.2 Å². The Morgan fingerprint density at radius 2 is 2.05 bits per heavy atom. The van der Waals surface area contributed by atoms with E-state index in [-0.39, 0.29) is 11.9 Å². The smallest absolute Gasteiger partial charge is 0.129 e. The van der Waals surface area contributed by atoms with Gasteiger partial charge in [-0.3, -0.25) is 0 Å². The Morgan fingerprint density at radius 3 is 2.60 bits per heavy atom. The number of halogens is 3. The van der Waals surface area contributed by atoms with E-state index in [0.717, 1.165) is 27.7 Å². The molecule has 1 atom stereocenters. The van der Waals surface area contributed by atoms with Crippen LogP contribution in [0.3, 0.4) is 0 Å². The van der Waals surface area contributed by atoms with Crippen molar-refractivity contribution in [1.29, 1.82) is 0 Å². The Hall–Kier alpha value is -0.610. The third kappa shape index (κ3) is 3.53. The minimum atomic E-state index is -0.298. The number of thiophene rings is 1. The van der Waals surface area contributed by atoms with Crippen molar-refractivity contribution in [3.63, 3.8) is 0 Å². The first kappa shape index (κ1) is 15.8. The van der Waals surface area contributed by atoms with Gasteiger partial charge in [-0.25, -0.2) is 4.39 Å². The normalized spacial score (nSPS) is 12.7. The molecule has 0 bridgehead atoms. The van der Waals surface area contributed by atoms with Gasteiger partial charge in [-0.2, -0.15) is 0 Å². The van der Waals surface area contributed by atoms with Crippen molar-refractivity contribution < 1.29 is 4.39 Å². The molecule has 1 aromatic heterocycles. The van der Waals surface area contributed by atoms with Crippen LogP contribution in [0.5, 0.6) is 0 Å². The number of aryl methyl sites for hydroxylation is 1. The third-order valence-electron chi connectivity index (χ3n) is 3.03. The van der Waals surface area contributed by atoms with Crippen LogP contribution in [-0.4, -0.2) is 6.54 Å². The maximum Gasteiger partial charge on any atom is 0.129 e. The van der Waals surface area contributed by atoms with Crippen LogP contribution in [0.15, 0.2) is 24.3 Å². The van der Waals surface area contributed by atoms with Crippen molar-refractivity contribution in [3.8, 4) is 0 Å². The van der Waals surface area contributed by atoms with Crippen LogP contribution < -0.4 is 5.32 Å². The molecule has 0 amide bonds. The molecule has 0 radical (unpaired) electrons. The standard InChI is InChI=1S/C15H16Cl2FNS/c1-3-6-19-14(13-7-9(2)15(17)20-13)11-5-4-10(16)8-12(11)18/h4-5,7-8,14,19H,3,6H2,1-2H3. The van der Waals surface area contributed by atoms with Gasteiger partial charge < -0.3 is 5.32 Å². The van der Waals surface area contributed by atoms with Gasteiger partial charge in [0.15, 0.2) is 0 Å². The van der Waals surface area contributed by atoms with Crippen LogP contribution in [0.25, 0.3) is 0 Å². The summed E-state index contributed by atoms with van der Waals surface area (Å²) in [5.74, 6) is -0.298. The van der Waals surface area contributed by atoms with Crippen LogP contribution in [-0.2, 0) is 0 Å². The SMILES string of the molecule is CCCNC(c1cc(C)c(Cl)s1)c1ccc(Cl)cc1F. The van der Waals surface area contributed by atoms with Gasteiger partial charge in [-0.05, 0) is 43.7 Å². The summed E-state index contributed by atoms with van der Waals surface area (Å²) in [6, 6.07) is 6.60. The van der Waals surface area contributed by atoms with Crippen molar-refractivity contribution in [1.82, 2.24) is 5.32 Å². The van der Waals surface area contributed by atoms with Crippen molar-refractivity contribution in [3.05, 3.63) is 55.4 Å². The van der Waals surface area contributed by atoms with Gasteiger partial charge in [0.25, 0.3) is 0 Å². The van der Waals surface area contributed by atoms with E-state index in [2.05, 4.69) is 12.2 Å². The summed E-state index contributed by atoms with van der Waals surface area (Å²) in [7, 11) is 0. The molecule has 0 aliphatic rings. The summed E-state index contributed by atoms with van der Waals surface area (Å²) in [6.45, 7) is 4.84. The maximum absolute atomic E-state index is 14.2. The molecular formula is C15H16Cl2FNS. The third-order valence-corrected chi connectivity index (χ3v) is 4.89. The highest BCUT2D eigenvalue weighted by atomic mass is 35.5. The molecule has 5 heteroatoms. The Morgan fingerprint density at radius 1 is 1.30 bits per heavy atom. The molecular weight excluding hydrogens is 316 g/mol. The van der Waals surface area contributed by atoms with Crippen LogP contribution in [0.1, 0.15) is 35.4 Å². The summed E-state index contributed by atoms with van der Waals surface area (Å²) >= 11 is 13.4. The molecule has 108 valence electrons. The topological polar surface area (TPSA) is 12.0 Å². The lowest BCUT2D eigenvalue weighted by molar-refractivity contribution is 0.551. The van der Waals surface area contributed by atoms with E-state index in [1.165, 1.54) is 17.4 Å².